The van der Waals surface area contributed by atoms with E-state index in [4.69, 9.17) is 5.26 Å². The van der Waals surface area contributed by atoms with Gasteiger partial charge in [-0.2, -0.15) is 10.4 Å². The van der Waals surface area contributed by atoms with Gasteiger partial charge in [-0.1, -0.05) is 0 Å². The van der Waals surface area contributed by atoms with Crippen molar-refractivity contribution in [3.63, 3.8) is 0 Å². The second-order valence-electron chi connectivity index (χ2n) is 4.58. The zero-order valence-electron chi connectivity index (χ0n) is 10.1. The maximum absolute atomic E-state index is 11.9. The fourth-order valence-electron chi connectivity index (χ4n) is 1.90. The zero-order chi connectivity index (χ0) is 13.2. The molecule has 1 fully saturated rings. The van der Waals surface area contributed by atoms with Crippen molar-refractivity contribution in [1.29, 1.82) is 5.26 Å². The van der Waals surface area contributed by atoms with Crippen molar-refractivity contribution in [3.8, 4) is 6.07 Å². The van der Waals surface area contributed by atoms with Crippen LogP contribution < -0.4 is 5.32 Å². The molecule has 1 saturated carbocycles. The molecule has 0 spiro atoms. The Labute approximate surface area is 109 Å². The van der Waals surface area contributed by atoms with Crippen LogP contribution in [0.1, 0.15) is 35.3 Å². The zero-order valence-corrected chi connectivity index (χ0v) is 10.1. The molecule has 0 bridgehead atoms. The number of pyridine rings is 1. The predicted octanol–water partition coefficient (Wildman–Crippen LogP) is 1.25. The Morgan fingerprint density at radius 2 is 2.26 bits per heavy atom. The molecule has 0 unspecified atom stereocenters. The van der Waals surface area contributed by atoms with Crippen LogP contribution in [0.5, 0.6) is 0 Å². The summed E-state index contributed by atoms with van der Waals surface area (Å²) in [4.78, 5) is 15.9. The van der Waals surface area contributed by atoms with Gasteiger partial charge in [-0.05, 0) is 30.9 Å². The number of hydrogen-bond acceptors (Lipinski definition) is 5. The summed E-state index contributed by atoms with van der Waals surface area (Å²) in [5, 5.41) is 19.5. The van der Waals surface area contributed by atoms with Gasteiger partial charge in [-0.25, -0.2) is 0 Å². The summed E-state index contributed by atoms with van der Waals surface area (Å²) < 4.78 is 0. The Hall–Kier alpha value is -2.55. The fourth-order valence-corrected chi connectivity index (χ4v) is 1.90. The van der Waals surface area contributed by atoms with Crippen LogP contribution in [0.4, 0.5) is 0 Å². The molecule has 1 aliphatic heterocycles. The molecular formula is C13H11N5O. The Kier molecular flexibility index (Phi) is 2.80. The van der Waals surface area contributed by atoms with E-state index in [1.54, 1.807) is 6.07 Å². The van der Waals surface area contributed by atoms with E-state index >= 15 is 0 Å². The second kappa shape index (κ2) is 4.61. The van der Waals surface area contributed by atoms with Crippen molar-refractivity contribution in [1.82, 2.24) is 10.3 Å². The summed E-state index contributed by atoms with van der Waals surface area (Å²) in [6.07, 6.45) is 4.38. The molecule has 2 aliphatic rings. The van der Waals surface area contributed by atoms with Gasteiger partial charge < -0.3 is 5.32 Å². The van der Waals surface area contributed by atoms with Crippen LogP contribution in [0.2, 0.25) is 0 Å². The molecule has 1 N–H and O–H groups in total. The highest BCUT2D eigenvalue weighted by Crippen LogP contribution is 2.33. The SMILES string of the molecule is N#Cc1ccnc(C(=O)NC2=NN=C(C3CC3)C2)c1. The molecule has 6 nitrogen and oxygen atoms in total. The van der Waals surface area contributed by atoms with Crippen molar-refractivity contribution < 1.29 is 4.79 Å². The van der Waals surface area contributed by atoms with Gasteiger partial charge >= 0.3 is 0 Å². The van der Waals surface area contributed by atoms with Crippen LogP contribution in [-0.4, -0.2) is 22.4 Å². The number of carbonyl (C=O) groups excluding carboxylic acids is 1. The van der Waals surface area contributed by atoms with E-state index < -0.39 is 0 Å². The smallest absolute Gasteiger partial charge is 0.275 e. The Bertz CT molecular complexity index is 637. The average molecular weight is 253 g/mol. The number of nitrogens with one attached hydrogen (secondary N) is 1. The molecule has 1 aromatic heterocycles. The van der Waals surface area contributed by atoms with Gasteiger partial charge in [0.2, 0.25) is 0 Å². The molecule has 1 aromatic rings. The summed E-state index contributed by atoms with van der Waals surface area (Å²) in [7, 11) is 0. The highest BCUT2D eigenvalue weighted by atomic mass is 16.2. The van der Waals surface area contributed by atoms with Crippen LogP contribution in [0.15, 0.2) is 28.5 Å². The van der Waals surface area contributed by atoms with Crippen LogP contribution >= 0.6 is 0 Å². The van der Waals surface area contributed by atoms with Crippen LogP contribution in [0.3, 0.4) is 0 Å². The Balaban J connectivity index is 1.64. The largest absolute Gasteiger partial charge is 0.307 e. The predicted molar refractivity (Wildman–Crippen MR) is 68.6 cm³/mol. The molecule has 1 aliphatic carbocycles. The van der Waals surface area contributed by atoms with E-state index in [0.717, 1.165) is 5.71 Å². The minimum absolute atomic E-state index is 0.210. The minimum Gasteiger partial charge on any atom is -0.307 e. The third-order valence-electron chi connectivity index (χ3n) is 3.08. The number of amidine groups is 1. The van der Waals surface area contributed by atoms with Crippen molar-refractivity contribution in [2.75, 3.05) is 0 Å². The maximum atomic E-state index is 11.9. The van der Waals surface area contributed by atoms with E-state index in [1.807, 2.05) is 6.07 Å². The topological polar surface area (TPSA) is 90.5 Å². The van der Waals surface area contributed by atoms with Gasteiger partial charge in [0.05, 0.1) is 17.3 Å². The second-order valence-corrected chi connectivity index (χ2v) is 4.58. The van der Waals surface area contributed by atoms with Crippen LogP contribution in [-0.2, 0) is 0 Å². The number of aromatic nitrogens is 1. The molecule has 0 atom stereocenters. The molecular weight excluding hydrogens is 242 g/mol. The lowest BCUT2D eigenvalue weighted by atomic mass is 10.2. The highest BCUT2D eigenvalue weighted by molar-refractivity contribution is 6.14. The number of nitrogens with zero attached hydrogens (tertiary/aromatic N) is 4. The third kappa shape index (κ3) is 2.50. The van der Waals surface area contributed by atoms with Gasteiger partial charge in [0.15, 0.2) is 0 Å². The normalized spacial score (nSPS) is 17.4. The summed E-state index contributed by atoms with van der Waals surface area (Å²) >= 11 is 0. The lowest BCUT2D eigenvalue weighted by Gasteiger charge is -2.03. The quantitative estimate of drug-likeness (QED) is 0.859. The van der Waals surface area contributed by atoms with E-state index in [9.17, 15) is 4.79 Å². The number of hydrogen-bond donors (Lipinski definition) is 1. The van der Waals surface area contributed by atoms with Gasteiger partial charge in [0.1, 0.15) is 11.5 Å². The molecule has 0 aromatic carbocycles. The summed E-state index contributed by atoms with van der Waals surface area (Å²) in [5.41, 5.74) is 1.67. The van der Waals surface area contributed by atoms with Crippen molar-refractivity contribution in [2.45, 2.75) is 19.3 Å². The first-order chi connectivity index (χ1) is 9.26. The van der Waals surface area contributed by atoms with Gasteiger partial charge in [-0.15, -0.1) is 5.10 Å². The number of rotatable bonds is 2. The standard InChI is InChI=1S/C13H11N5O/c14-7-8-3-4-15-11(5-8)13(19)16-12-6-10(17-18-12)9-1-2-9/h3-5,9H,1-2,6H2,(H,16,18,19). The van der Waals surface area contributed by atoms with Gasteiger partial charge in [0, 0.05) is 12.6 Å². The monoisotopic (exact) mass is 253 g/mol. The molecule has 3 rings (SSSR count). The van der Waals surface area contributed by atoms with E-state index in [0.29, 0.717) is 23.7 Å². The van der Waals surface area contributed by atoms with E-state index in [1.165, 1.54) is 25.1 Å². The Morgan fingerprint density at radius 3 is 3.00 bits per heavy atom. The van der Waals surface area contributed by atoms with E-state index in [-0.39, 0.29) is 11.6 Å². The molecule has 2 heterocycles. The molecule has 6 heteroatoms. The average Bonchev–Trinajstić information content (AvgIpc) is 3.19. The highest BCUT2D eigenvalue weighted by Gasteiger charge is 2.31. The molecule has 0 radical (unpaired) electrons. The number of nitriles is 1. The maximum Gasteiger partial charge on any atom is 0.275 e. The molecule has 0 saturated heterocycles. The number of carbonyl (C=O) groups is 1. The lowest BCUT2D eigenvalue weighted by Crippen LogP contribution is -2.31. The van der Waals surface area contributed by atoms with Crippen molar-refractivity contribution >= 4 is 17.5 Å². The summed E-state index contributed by atoms with van der Waals surface area (Å²) in [5.74, 6) is 0.748. The lowest BCUT2D eigenvalue weighted by molar-refractivity contribution is 0.0972. The summed E-state index contributed by atoms with van der Waals surface area (Å²) in [6, 6.07) is 4.98. The first kappa shape index (κ1) is 11.5. The minimum atomic E-state index is -0.358. The van der Waals surface area contributed by atoms with Crippen LogP contribution in [0, 0.1) is 17.2 Å². The Morgan fingerprint density at radius 1 is 1.42 bits per heavy atom. The van der Waals surface area contributed by atoms with Crippen LogP contribution in [0.25, 0.3) is 0 Å². The molecule has 94 valence electrons. The fraction of sp³-hybridized carbons (Fsp3) is 0.308. The first-order valence-electron chi connectivity index (χ1n) is 6.07. The molecule has 1 amide bonds. The summed E-state index contributed by atoms with van der Waals surface area (Å²) in [6.45, 7) is 0. The number of amides is 1. The van der Waals surface area contributed by atoms with Gasteiger partial charge in [0.25, 0.3) is 5.91 Å². The van der Waals surface area contributed by atoms with Crippen molar-refractivity contribution in [2.24, 2.45) is 16.1 Å². The first-order valence-corrected chi connectivity index (χ1v) is 6.07. The van der Waals surface area contributed by atoms with Gasteiger partial charge in [-0.3, -0.25) is 9.78 Å². The van der Waals surface area contributed by atoms with E-state index in [2.05, 4.69) is 20.5 Å². The van der Waals surface area contributed by atoms with Crippen molar-refractivity contribution in [3.05, 3.63) is 29.6 Å². The third-order valence-corrected chi connectivity index (χ3v) is 3.08. The molecule has 19 heavy (non-hydrogen) atoms.